The van der Waals surface area contributed by atoms with Crippen LogP contribution in [0.4, 0.5) is 0 Å². The first kappa shape index (κ1) is 26.6. The number of aryl methyl sites for hydroxylation is 2. The van der Waals surface area contributed by atoms with Crippen LogP contribution < -0.4 is 4.57 Å². The zero-order valence-corrected chi connectivity index (χ0v) is 24.8. The van der Waals surface area contributed by atoms with Crippen LogP contribution in [0.25, 0.3) is 66.3 Å². The van der Waals surface area contributed by atoms with Crippen LogP contribution in [-0.2, 0) is 27.2 Å². The summed E-state index contributed by atoms with van der Waals surface area (Å²) in [4.78, 5) is 4.32. The number of aromatic nitrogens is 2. The summed E-state index contributed by atoms with van der Waals surface area (Å²) in [5.41, 5.74) is 8.52. The van der Waals surface area contributed by atoms with Crippen LogP contribution in [0.1, 0.15) is 5.56 Å². The summed E-state index contributed by atoms with van der Waals surface area (Å²) in [5, 5.41) is 4.28. The molecule has 41 heavy (non-hydrogen) atoms. The molecule has 4 heterocycles. The summed E-state index contributed by atoms with van der Waals surface area (Å²) in [6.07, 6.45) is 7.15. The topological polar surface area (TPSA) is 43.0 Å². The standard InChI is InChI=1S/C24H14NO2.C12H10N.Ir/c1-25-11-5-6-15(14-25)16-8-4-9-18-20-13-22-19(12-23(20)27-24(16)18)17-7-2-3-10-21(17)26-22;1-10-7-8-12(13-9-10)11-5-3-2-4-6-11;/h2-7,9-13H,1H3;2-5,7-9H,1H3;/q2*-1;+3. The predicted octanol–water partition coefficient (Wildman–Crippen LogP) is 8.43. The van der Waals surface area contributed by atoms with Crippen molar-refractivity contribution in [2.75, 3.05) is 0 Å². The van der Waals surface area contributed by atoms with E-state index in [1.165, 1.54) is 5.56 Å². The average molecular weight is 709 g/mol. The minimum atomic E-state index is 0. The van der Waals surface area contributed by atoms with Gasteiger partial charge in [0.15, 0.2) is 0 Å². The van der Waals surface area contributed by atoms with Gasteiger partial charge in [-0.15, -0.1) is 42.0 Å². The van der Waals surface area contributed by atoms with E-state index in [1.807, 2.05) is 104 Å². The molecule has 0 bridgehead atoms. The van der Waals surface area contributed by atoms with E-state index in [0.717, 1.165) is 66.3 Å². The monoisotopic (exact) mass is 709 g/mol. The Bertz CT molecular complexity index is 2130. The molecular formula is C36H24IrN2O2+. The number of fused-ring (bicyclic) bond motifs is 6. The Morgan fingerprint density at radius 2 is 1.46 bits per heavy atom. The fourth-order valence-electron chi connectivity index (χ4n) is 5.01. The van der Waals surface area contributed by atoms with Crippen molar-refractivity contribution in [3.05, 3.63) is 133 Å². The van der Waals surface area contributed by atoms with Crippen molar-refractivity contribution < 1.29 is 33.5 Å². The zero-order chi connectivity index (χ0) is 27.1. The molecule has 198 valence electrons. The molecule has 0 aliphatic rings. The molecule has 0 radical (unpaired) electrons. The normalized spacial score (nSPS) is 11.0. The fraction of sp³-hybridized carbons (Fsp3) is 0.0556. The molecule has 0 fully saturated rings. The number of benzene rings is 4. The van der Waals surface area contributed by atoms with Crippen LogP contribution in [0.3, 0.4) is 0 Å². The minimum Gasteiger partial charge on any atom is -0.510 e. The second kappa shape index (κ2) is 11.1. The van der Waals surface area contributed by atoms with E-state index >= 15 is 0 Å². The van der Waals surface area contributed by atoms with Gasteiger partial charge in [-0.25, -0.2) is 0 Å². The molecule has 0 aliphatic carbocycles. The van der Waals surface area contributed by atoms with Crippen molar-refractivity contribution in [2.24, 2.45) is 7.05 Å². The molecule has 8 aromatic rings. The van der Waals surface area contributed by atoms with Gasteiger partial charge in [0.2, 0.25) is 0 Å². The number of pyridine rings is 2. The summed E-state index contributed by atoms with van der Waals surface area (Å²) >= 11 is 0. The third-order valence-corrected chi connectivity index (χ3v) is 6.97. The van der Waals surface area contributed by atoms with Crippen molar-refractivity contribution in [1.29, 1.82) is 0 Å². The molecule has 4 aromatic carbocycles. The molecule has 0 aliphatic heterocycles. The van der Waals surface area contributed by atoms with Crippen molar-refractivity contribution in [2.45, 2.75) is 6.92 Å². The average Bonchev–Trinajstić information content (AvgIpc) is 3.54. The molecule has 0 N–H and O–H groups in total. The smallest absolute Gasteiger partial charge is 0.510 e. The Labute approximate surface area is 251 Å². The largest absolute Gasteiger partial charge is 3.00 e. The molecule has 0 atom stereocenters. The van der Waals surface area contributed by atoms with Gasteiger partial charge in [0.05, 0.1) is 6.20 Å². The Morgan fingerprint density at radius 1 is 0.683 bits per heavy atom. The van der Waals surface area contributed by atoms with Crippen LogP contribution in [0.15, 0.2) is 118 Å². The maximum atomic E-state index is 6.30. The van der Waals surface area contributed by atoms with E-state index in [4.69, 9.17) is 8.83 Å². The molecule has 4 nitrogen and oxygen atoms in total. The maximum absolute atomic E-state index is 6.30. The van der Waals surface area contributed by atoms with Crippen molar-refractivity contribution in [3.63, 3.8) is 0 Å². The second-order valence-electron chi connectivity index (χ2n) is 9.78. The van der Waals surface area contributed by atoms with E-state index in [-0.39, 0.29) is 20.1 Å². The molecule has 8 rings (SSSR count). The van der Waals surface area contributed by atoms with Gasteiger partial charge in [0, 0.05) is 27.9 Å². The molecule has 0 spiro atoms. The molecular weight excluding hydrogens is 685 g/mol. The first-order valence-electron chi connectivity index (χ1n) is 13.1. The van der Waals surface area contributed by atoms with Gasteiger partial charge >= 0.3 is 20.1 Å². The Hall–Kier alpha value is -4.57. The maximum Gasteiger partial charge on any atom is 3.00 e. The number of para-hydroxylation sites is 1. The van der Waals surface area contributed by atoms with Crippen LogP contribution >= 0.6 is 0 Å². The number of hydrogen-bond acceptors (Lipinski definition) is 3. The summed E-state index contributed by atoms with van der Waals surface area (Å²) < 4.78 is 14.3. The number of furan rings is 2. The van der Waals surface area contributed by atoms with Gasteiger partial charge in [-0.2, -0.15) is 29.3 Å². The Balaban J connectivity index is 0.000000183. The molecule has 4 aromatic heterocycles. The molecule has 0 amide bonds. The van der Waals surface area contributed by atoms with Crippen molar-refractivity contribution in [3.8, 4) is 22.4 Å². The van der Waals surface area contributed by atoms with E-state index in [9.17, 15) is 0 Å². The van der Waals surface area contributed by atoms with E-state index in [1.54, 1.807) is 0 Å². The zero-order valence-electron chi connectivity index (χ0n) is 22.4. The van der Waals surface area contributed by atoms with Gasteiger partial charge in [-0.1, -0.05) is 41.8 Å². The summed E-state index contributed by atoms with van der Waals surface area (Å²) in [7, 11) is 1.96. The number of hydrogen-bond donors (Lipinski definition) is 0. The quantitative estimate of drug-likeness (QED) is 0.134. The van der Waals surface area contributed by atoms with E-state index < -0.39 is 0 Å². The van der Waals surface area contributed by atoms with E-state index in [0.29, 0.717) is 0 Å². The van der Waals surface area contributed by atoms with Crippen LogP contribution in [-0.4, -0.2) is 4.98 Å². The van der Waals surface area contributed by atoms with Gasteiger partial charge in [-0.3, -0.25) is 4.57 Å². The summed E-state index contributed by atoms with van der Waals surface area (Å²) in [6, 6.07) is 38.6. The Kier molecular flexibility index (Phi) is 7.23. The van der Waals surface area contributed by atoms with Crippen LogP contribution in [0, 0.1) is 25.3 Å². The van der Waals surface area contributed by atoms with Gasteiger partial charge in [0.1, 0.15) is 30.0 Å². The Morgan fingerprint density at radius 3 is 2.24 bits per heavy atom. The molecule has 0 saturated carbocycles. The first-order valence-corrected chi connectivity index (χ1v) is 13.1. The van der Waals surface area contributed by atoms with Crippen LogP contribution in [0.2, 0.25) is 0 Å². The summed E-state index contributed by atoms with van der Waals surface area (Å²) in [5.74, 6) is 0. The molecule has 0 unspecified atom stereocenters. The second-order valence-corrected chi connectivity index (χ2v) is 9.78. The van der Waals surface area contributed by atoms with Gasteiger partial charge in [-0.05, 0) is 36.4 Å². The van der Waals surface area contributed by atoms with Gasteiger partial charge < -0.3 is 13.8 Å². The predicted molar refractivity (Wildman–Crippen MR) is 159 cm³/mol. The van der Waals surface area contributed by atoms with E-state index in [2.05, 4.69) is 47.6 Å². The van der Waals surface area contributed by atoms with Crippen molar-refractivity contribution in [1.82, 2.24) is 4.98 Å². The third kappa shape index (κ3) is 5.06. The third-order valence-electron chi connectivity index (χ3n) is 6.97. The minimum absolute atomic E-state index is 0. The number of nitrogens with zero attached hydrogens (tertiary/aromatic N) is 2. The number of rotatable bonds is 2. The molecule has 0 saturated heterocycles. The van der Waals surface area contributed by atoms with Gasteiger partial charge in [0.25, 0.3) is 0 Å². The first-order chi connectivity index (χ1) is 19.6. The SMILES string of the molecule is C[n+]1[c-]c(-c2[c-]ccc3c2oc2cc4c(cc23)oc2ccccc24)ccc1.Cc1ccc(-c2[c-]cccc2)nc1.[Ir+3]. The molecule has 5 heteroatoms. The summed E-state index contributed by atoms with van der Waals surface area (Å²) in [6.45, 7) is 2.03. The van der Waals surface area contributed by atoms with Crippen LogP contribution in [0.5, 0.6) is 0 Å². The fourth-order valence-corrected chi connectivity index (χ4v) is 5.01. The van der Waals surface area contributed by atoms with Crippen molar-refractivity contribution >= 4 is 43.9 Å².